The monoisotopic (exact) mass is 425 g/mol. The van der Waals surface area contributed by atoms with Crippen molar-refractivity contribution in [1.82, 2.24) is 9.55 Å². The van der Waals surface area contributed by atoms with Crippen LogP contribution in [0.15, 0.2) is 17.1 Å². The van der Waals surface area contributed by atoms with Crippen molar-refractivity contribution in [1.29, 1.82) is 0 Å². The van der Waals surface area contributed by atoms with Gasteiger partial charge in [0.05, 0.1) is 5.92 Å². The largest absolute Gasteiger partial charge is 0.463 e. The van der Waals surface area contributed by atoms with Gasteiger partial charge in [-0.05, 0) is 17.9 Å². The molecule has 1 aromatic rings. The van der Waals surface area contributed by atoms with Crippen LogP contribution in [0.4, 0.5) is 5.82 Å². The molecule has 0 saturated carbocycles. The van der Waals surface area contributed by atoms with E-state index in [4.69, 9.17) is 24.7 Å². The molecule has 0 bridgehead atoms. The highest BCUT2D eigenvalue weighted by Gasteiger charge is 2.48. The highest BCUT2D eigenvalue weighted by molar-refractivity contribution is 5.71. The van der Waals surface area contributed by atoms with Crippen LogP contribution in [0.5, 0.6) is 0 Å². The van der Waals surface area contributed by atoms with Crippen molar-refractivity contribution >= 4 is 11.8 Å². The van der Waals surface area contributed by atoms with Crippen molar-refractivity contribution in [3.05, 3.63) is 22.7 Å². The molecule has 1 fully saturated rings. The molecule has 0 radical (unpaired) electrons. The zero-order valence-corrected chi connectivity index (χ0v) is 18.7. The lowest BCUT2D eigenvalue weighted by Crippen LogP contribution is -2.41. The third-order valence-electron chi connectivity index (χ3n) is 4.52. The summed E-state index contributed by atoms with van der Waals surface area (Å²) in [6.45, 7) is 12.6. The molecule has 0 amide bonds. The predicted octanol–water partition coefficient (Wildman–Crippen LogP) is 2.00. The molecule has 0 aliphatic carbocycles. The number of aromatic nitrogens is 2. The molecule has 2 rings (SSSR count). The zero-order chi connectivity index (χ0) is 22.4. The lowest BCUT2D eigenvalue weighted by atomic mass is 10.1. The molecule has 4 atom stereocenters. The molecule has 9 heteroatoms. The smallest absolute Gasteiger partial charge is 0.351 e. The number of nitrogen functional groups attached to an aromatic ring is 1. The van der Waals surface area contributed by atoms with Gasteiger partial charge >= 0.3 is 11.7 Å². The van der Waals surface area contributed by atoms with Gasteiger partial charge in [0.2, 0.25) is 0 Å². The molecule has 1 aliphatic rings. The van der Waals surface area contributed by atoms with E-state index in [1.165, 1.54) is 16.8 Å². The standard InChI is InChI=1S/C21H35N3O6/c1-12(2)9-27-17-15(11-29-20(25)14(5)6)30-19(18(17)28-10-13(3)4)24-8-7-16(22)23-21(24)26/h7-8,12-15,17-19H,9-11H2,1-6H3,(H2,22,23,26). The number of nitrogens with two attached hydrogens (primary N) is 1. The molecule has 0 spiro atoms. The van der Waals surface area contributed by atoms with E-state index in [9.17, 15) is 9.59 Å². The Balaban J connectivity index is 2.32. The van der Waals surface area contributed by atoms with Crippen molar-refractivity contribution in [2.24, 2.45) is 17.8 Å². The molecule has 170 valence electrons. The molecule has 0 aromatic carbocycles. The second-order valence-corrected chi connectivity index (χ2v) is 8.78. The highest BCUT2D eigenvalue weighted by Crippen LogP contribution is 2.34. The Bertz CT molecular complexity index is 749. The van der Waals surface area contributed by atoms with Crippen molar-refractivity contribution < 1.29 is 23.7 Å². The molecule has 4 unspecified atom stereocenters. The number of hydrogen-bond donors (Lipinski definition) is 1. The molecule has 30 heavy (non-hydrogen) atoms. The van der Waals surface area contributed by atoms with E-state index >= 15 is 0 Å². The van der Waals surface area contributed by atoms with Gasteiger partial charge in [-0.2, -0.15) is 4.98 Å². The van der Waals surface area contributed by atoms with Crippen LogP contribution in [0, 0.1) is 17.8 Å². The number of hydrogen-bond acceptors (Lipinski definition) is 8. The van der Waals surface area contributed by atoms with Gasteiger partial charge in [-0.3, -0.25) is 9.36 Å². The molecule has 1 aliphatic heterocycles. The first-order valence-electron chi connectivity index (χ1n) is 10.5. The fourth-order valence-electron chi connectivity index (χ4n) is 3.00. The molecule has 2 N–H and O–H groups in total. The van der Waals surface area contributed by atoms with Gasteiger partial charge in [0, 0.05) is 19.4 Å². The average Bonchev–Trinajstić information content (AvgIpc) is 2.99. The van der Waals surface area contributed by atoms with Crippen LogP contribution in [-0.2, 0) is 23.7 Å². The maximum absolute atomic E-state index is 12.5. The van der Waals surface area contributed by atoms with Crippen LogP contribution < -0.4 is 11.4 Å². The Kier molecular flexibility index (Phi) is 8.81. The SMILES string of the molecule is CC(C)COC1C(COC(=O)C(C)C)OC(n2ccc(N)nc2=O)C1OCC(C)C. The van der Waals surface area contributed by atoms with Crippen LogP contribution in [0.25, 0.3) is 0 Å². The van der Waals surface area contributed by atoms with E-state index in [0.29, 0.717) is 13.2 Å². The molecular formula is C21H35N3O6. The molecule has 1 aromatic heterocycles. The number of anilines is 1. The van der Waals surface area contributed by atoms with Gasteiger partial charge in [0.1, 0.15) is 30.7 Å². The van der Waals surface area contributed by atoms with Gasteiger partial charge < -0.3 is 24.7 Å². The third-order valence-corrected chi connectivity index (χ3v) is 4.52. The fourth-order valence-corrected chi connectivity index (χ4v) is 3.00. The Labute approximate surface area is 177 Å². The summed E-state index contributed by atoms with van der Waals surface area (Å²) in [6, 6.07) is 1.53. The van der Waals surface area contributed by atoms with Crippen LogP contribution in [0.1, 0.15) is 47.8 Å². The van der Waals surface area contributed by atoms with Crippen LogP contribution >= 0.6 is 0 Å². The Morgan fingerprint density at radius 1 is 1.13 bits per heavy atom. The summed E-state index contributed by atoms with van der Waals surface area (Å²) in [6.07, 6.45) is -0.914. The van der Waals surface area contributed by atoms with E-state index in [2.05, 4.69) is 4.98 Å². The number of nitrogens with zero attached hydrogens (tertiary/aromatic N) is 2. The third kappa shape index (κ3) is 6.52. The minimum absolute atomic E-state index is 0.00889. The predicted molar refractivity (Wildman–Crippen MR) is 112 cm³/mol. The molecule has 9 nitrogen and oxygen atoms in total. The van der Waals surface area contributed by atoms with Gasteiger partial charge in [-0.1, -0.05) is 41.5 Å². The molecule has 1 saturated heterocycles. The lowest BCUT2D eigenvalue weighted by Gasteiger charge is -2.26. The van der Waals surface area contributed by atoms with Crippen LogP contribution in [0.2, 0.25) is 0 Å². The fraction of sp³-hybridized carbons (Fsp3) is 0.762. The topological polar surface area (TPSA) is 115 Å². The quantitative estimate of drug-likeness (QED) is 0.566. The summed E-state index contributed by atoms with van der Waals surface area (Å²) in [5, 5.41) is 0. The number of ether oxygens (including phenoxy) is 4. The highest BCUT2D eigenvalue weighted by atomic mass is 16.6. The van der Waals surface area contributed by atoms with E-state index in [-0.39, 0.29) is 36.1 Å². The number of rotatable bonds is 10. The van der Waals surface area contributed by atoms with E-state index < -0.39 is 30.2 Å². The Morgan fingerprint density at radius 2 is 1.73 bits per heavy atom. The minimum Gasteiger partial charge on any atom is -0.463 e. The second kappa shape index (κ2) is 10.9. The Hall–Kier alpha value is -1.97. The second-order valence-electron chi connectivity index (χ2n) is 8.78. The summed E-state index contributed by atoms with van der Waals surface area (Å²) in [5.74, 6) is 0.110. The summed E-state index contributed by atoms with van der Waals surface area (Å²) < 4.78 is 25.2. The number of esters is 1. The molecular weight excluding hydrogens is 390 g/mol. The zero-order valence-electron chi connectivity index (χ0n) is 18.7. The summed E-state index contributed by atoms with van der Waals surface area (Å²) in [7, 11) is 0. The van der Waals surface area contributed by atoms with E-state index in [1.807, 2.05) is 27.7 Å². The average molecular weight is 426 g/mol. The van der Waals surface area contributed by atoms with E-state index in [0.717, 1.165) is 0 Å². The van der Waals surface area contributed by atoms with Crippen LogP contribution in [0.3, 0.4) is 0 Å². The van der Waals surface area contributed by atoms with Gasteiger partial charge in [-0.15, -0.1) is 0 Å². The van der Waals surface area contributed by atoms with Gasteiger partial charge in [0.25, 0.3) is 0 Å². The first-order valence-corrected chi connectivity index (χ1v) is 10.5. The normalized spacial score (nSPS) is 24.2. The van der Waals surface area contributed by atoms with Gasteiger partial charge in [-0.25, -0.2) is 4.79 Å². The summed E-state index contributed by atoms with van der Waals surface area (Å²) >= 11 is 0. The first kappa shape index (κ1) is 24.3. The van der Waals surface area contributed by atoms with Gasteiger partial charge in [0.15, 0.2) is 6.23 Å². The maximum atomic E-state index is 12.5. The Morgan fingerprint density at radius 3 is 2.27 bits per heavy atom. The number of carbonyl (C=O) groups excluding carboxylic acids is 1. The first-order chi connectivity index (χ1) is 14.1. The lowest BCUT2D eigenvalue weighted by molar-refractivity contribution is -0.154. The summed E-state index contributed by atoms with van der Waals surface area (Å²) in [5.41, 5.74) is 5.08. The van der Waals surface area contributed by atoms with Crippen molar-refractivity contribution in [2.45, 2.75) is 66.1 Å². The maximum Gasteiger partial charge on any atom is 0.351 e. The summed E-state index contributed by atoms with van der Waals surface area (Å²) in [4.78, 5) is 28.2. The minimum atomic E-state index is -0.774. The van der Waals surface area contributed by atoms with Crippen molar-refractivity contribution in [3.63, 3.8) is 0 Å². The van der Waals surface area contributed by atoms with E-state index in [1.54, 1.807) is 13.8 Å². The van der Waals surface area contributed by atoms with Crippen molar-refractivity contribution in [2.75, 3.05) is 25.6 Å². The van der Waals surface area contributed by atoms with Crippen molar-refractivity contribution in [3.8, 4) is 0 Å². The number of carbonyl (C=O) groups is 1. The van der Waals surface area contributed by atoms with Crippen LogP contribution in [-0.4, -0.2) is 53.7 Å². The molecule has 2 heterocycles.